The molecule has 0 radical (unpaired) electrons. The molecule has 0 aromatic carbocycles. The molecule has 1 aromatic rings. The van der Waals surface area contributed by atoms with Gasteiger partial charge in [0, 0.05) is 11.6 Å². The lowest BCUT2D eigenvalue weighted by molar-refractivity contribution is 0.338. The largest absolute Gasteiger partial charge is 0.345 e. The quantitative estimate of drug-likeness (QED) is 0.790. The molecule has 0 aliphatic heterocycles. The van der Waals surface area contributed by atoms with Gasteiger partial charge in [0.2, 0.25) is 0 Å². The molecular formula is C13H22N2. The van der Waals surface area contributed by atoms with Gasteiger partial charge in [-0.1, -0.05) is 27.7 Å². The first-order valence-electron chi connectivity index (χ1n) is 6.15. The molecule has 2 rings (SSSR count). The van der Waals surface area contributed by atoms with E-state index in [9.17, 15) is 0 Å². The summed E-state index contributed by atoms with van der Waals surface area (Å²) in [5.41, 5.74) is 2.74. The van der Waals surface area contributed by atoms with Crippen molar-refractivity contribution in [3.63, 3.8) is 0 Å². The Labute approximate surface area is 92.5 Å². The fourth-order valence-electron chi connectivity index (χ4n) is 2.37. The number of rotatable bonds is 2. The van der Waals surface area contributed by atoms with Crippen molar-refractivity contribution in [2.24, 2.45) is 11.8 Å². The molecule has 2 heteroatoms. The van der Waals surface area contributed by atoms with Crippen LogP contribution in [0.25, 0.3) is 0 Å². The summed E-state index contributed by atoms with van der Waals surface area (Å²) in [5.74, 6) is 3.33. The second-order valence-corrected chi connectivity index (χ2v) is 5.45. The Hall–Kier alpha value is -0.790. The van der Waals surface area contributed by atoms with E-state index in [0.717, 1.165) is 11.8 Å². The molecule has 0 saturated heterocycles. The van der Waals surface area contributed by atoms with E-state index < -0.39 is 0 Å². The Bertz CT molecular complexity index is 336. The van der Waals surface area contributed by atoms with Crippen molar-refractivity contribution in [1.29, 1.82) is 0 Å². The lowest BCUT2D eigenvalue weighted by atomic mass is 9.82. The number of fused-ring (bicyclic) bond motifs is 1. The van der Waals surface area contributed by atoms with Gasteiger partial charge in [-0.25, -0.2) is 4.98 Å². The average molecular weight is 206 g/mol. The summed E-state index contributed by atoms with van der Waals surface area (Å²) >= 11 is 0. The van der Waals surface area contributed by atoms with E-state index in [-0.39, 0.29) is 0 Å². The molecule has 0 saturated carbocycles. The van der Waals surface area contributed by atoms with Gasteiger partial charge in [-0.15, -0.1) is 0 Å². The number of H-pyrrole nitrogens is 1. The molecule has 0 amide bonds. The molecule has 1 heterocycles. The molecule has 0 fully saturated rings. The van der Waals surface area contributed by atoms with Crippen molar-refractivity contribution < 1.29 is 0 Å². The SMILES string of the molecule is CC(C)c1nc2c([nH]1)CC(C(C)C)CC2. The highest BCUT2D eigenvalue weighted by Gasteiger charge is 2.24. The van der Waals surface area contributed by atoms with Gasteiger partial charge in [0.15, 0.2) is 0 Å². The van der Waals surface area contributed by atoms with Crippen molar-refractivity contribution in [1.82, 2.24) is 9.97 Å². The van der Waals surface area contributed by atoms with Crippen molar-refractivity contribution in [2.45, 2.75) is 52.9 Å². The summed E-state index contributed by atoms with van der Waals surface area (Å²) in [4.78, 5) is 8.20. The number of aromatic amines is 1. The van der Waals surface area contributed by atoms with Crippen LogP contribution in [-0.2, 0) is 12.8 Å². The summed E-state index contributed by atoms with van der Waals surface area (Å²) in [7, 11) is 0. The van der Waals surface area contributed by atoms with Crippen molar-refractivity contribution in [2.75, 3.05) is 0 Å². The minimum Gasteiger partial charge on any atom is -0.345 e. The Kier molecular flexibility index (Phi) is 2.85. The lowest BCUT2D eigenvalue weighted by Gasteiger charge is -2.24. The minimum atomic E-state index is 0.521. The average Bonchev–Trinajstić information content (AvgIpc) is 2.59. The molecule has 1 aromatic heterocycles. The molecule has 1 aliphatic carbocycles. The fraction of sp³-hybridized carbons (Fsp3) is 0.769. The normalized spacial score (nSPS) is 21.1. The molecule has 1 atom stereocenters. The van der Waals surface area contributed by atoms with Gasteiger partial charge in [0.1, 0.15) is 5.82 Å². The van der Waals surface area contributed by atoms with Gasteiger partial charge in [-0.2, -0.15) is 0 Å². The summed E-state index contributed by atoms with van der Waals surface area (Å²) < 4.78 is 0. The predicted octanol–water partition coefficient (Wildman–Crippen LogP) is 3.29. The number of hydrogen-bond donors (Lipinski definition) is 1. The van der Waals surface area contributed by atoms with Crippen molar-refractivity contribution in [3.8, 4) is 0 Å². The zero-order chi connectivity index (χ0) is 11.0. The zero-order valence-electron chi connectivity index (χ0n) is 10.3. The highest BCUT2D eigenvalue weighted by Crippen LogP contribution is 2.29. The Morgan fingerprint density at radius 3 is 2.60 bits per heavy atom. The third-order valence-corrected chi connectivity index (χ3v) is 3.59. The predicted molar refractivity (Wildman–Crippen MR) is 63.0 cm³/mol. The van der Waals surface area contributed by atoms with Crippen LogP contribution in [0, 0.1) is 11.8 Å². The van der Waals surface area contributed by atoms with E-state index in [2.05, 4.69) is 37.7 Å². The molecule has 2 nitrogen and oxygen atoms in total. The first-order valence-corrected chi connectivity index (χ1v) is 6.15. The molecule has 0 bridgehead atoms. The van der Waals surface area contributed by atoms with Crippen LogP contribution in [0.5, 0.6) is 0 Å². The Morgan fingerprint density at radius 2 is 2.00 bits per heavy atom. The number of nitrogens with one attached hydrogen (secondary N) is 1. The summed E-state index contributed by atoms with van der Waals surface area (Å²) in [5, 5.41) is 0. The van der Waals surface area contributed by atoms with Gasteiger partial charge in [-0.05, 0) is 31.1 Å². The summed E-state index contributed by atoms with van der Waals surface area (Å²) in [6.45, 7) is 9.05. The molecule has 1 N–H and O–H groups in total. The maximum absolute atomic E-state index is 4.69. The monoisotopic (exact) mass is 206 g/mol. The number of imidazole rings is 1. The molecule has 15 heavy (non-hydrogen) atoms. The first kappa shape index (κ1) is 10.7. The van der Waals surface area contributed by atoms with Crippen LogP contribution in [0.1, 0.15) is 57.2 Å². The van der Waals surface area contributed by atoms with Gasteiger partial charge < -0.3 is 4.98 Å². The number of aromatic nitrogens is 2. The van der Waals surface area contributed by atoms with E-state index in [1.165, 1.54) is 36.5 Å². The third-order valence-electron chi connectivity index (χ3n) is 3.59. The topological polar surface area (TPSA) is 28.7 Å². The molecular weight excluding hydrogens is 184 g/mol. The Balaban J connectivity index is 2.19. The van der Waals surface area contributed by atoms with Crippen LogP contribution in [0.3, 0.4) is 0 Å². The highest BCUT2D eigenvalue weighted by molar-refractivity contribution is 5.20. The number of nitrogens with zero attached hydrogens (tertiary/aromatic N) is 1. The van der Waals surface area contributed by atoms with Crippen LogP contribution < -0.4 is 0 Å². The molecule has 0 spiro atoms. The van der Waals surface area contributed by atoms with Crippen LogP contribution in [0.15, 0.2) is 0 Å². The second kappa shape index (κ2) is 3.99. The summed E-state index contributed by atoms with van der Waals surface area (Å²) in [6, 6.07) is 0. The van der Waals surface area contributed by atoms with Crippen LogP contribution in [0.4, 0.5) is 0 Å². The smallest absolute Gasteiger partial charge is 0.109 e. The van der Waals surface area contributed by atoms with Crippen molar-refractivity contribution >= 4 is 0 Å². The molecule has 84 valence electrons. The van der Waals surface area contributed by atoms with Crippen LogP contribution >= 0.6 is 0 Å². The zero-order valence-corrected chi connectivity index (χ0v) is 10.3. The van der Waals surface area contributed by atoms with E-state index in [1.807, 2.05) is 0 Å². The van der Waals surface area contributed by atoms with Crippen molar-refractivity contribution in [3.05, 3.63) is 17.2 Å². The first-order chi connectivity index (χ1) is 7.08. The standard InChI is InChI=1S/C13H22N2/c1-8(2)10-5-6-11-12(7-10)15-13(14-11)9(3)4/h8-10H,5-7H2,1-4H3,(H,14,15). The molecule has 1 unspecified atom stereocenters. The van der Waals surface area contributed by atoms with E-state index in [0.29, 0.717) is 5.92 Å². The minimum absolute atomic E-state index is 0.521. The van der Waals surface area contributed by atoms with Gasteiger partial charge in [0.05, 0.1) is 5.69 Å². The highest BCUT2D eigenvalue weighted by atomic mass is 14.9. The van der Waals surface area contributed by atoms with E-state index in [1.54, 1.807) is 0 Å². The number of aryl methyl sites for hydroxylation is 1. The van der Waals surface area contributed by atoms with E-state index >= 15 is 0 Å². The van der Waals surface area contributed by atoms with E-state index in [4.69, 9.17) is 0 Å². The van der Waals surface area contributed by atoms with Gasteiger partial charge in [-0.3, -0.25) is 0 Å². The van der Waals surface area contributed by atoms with Gasteiger partial charge >= 0.3 is 0 Å². The summed E-state index contributed by atoms with van der Waals surface area (Å²) in [6.07, 6.45) is 3.68. The fourth-order valence-corrected chi connectivity index (χ4v) is 2.37. The second-order valence-electron chi connectivity index (χ2n) is 5.45. The van der Waals surface area contributed by atoms with Crippen LogP contribution in [-0.4, -0.2) is 9.97 Å². The molecule has 1 aliphatic rings. The van der Waals surface area contributed by atoms with Gasteiger partial charge in [0.25, 0.3) is 0 Å². The third kappa shape index (κ3) is 2.09. The maximum atomic E-state index is 4.69. The Morgan fingerprint density at radius 1 is 1.27 bits per heavy atom. The maximum Gasteiger partial charge on any atom is 0.109 e. The number of hydrogen-bond acceptors (Lipinski definition) is 1. The van der Waals surface area contributed by atoms with Crippen LogP contribution in [0.2, 0.25) is 0 Å². The lowest BCUT2D eigenvalue weighted by Crippen LogP contribution is -2.18.